The van der Waals surface area contributed by atoms with Crippen LogP contribution in [0.15, 0.2) is 51.7 Å². The molecule has 11 nitrogen and oxygen atoms in total. The number of aliphatic hydroxyl groups excluding tert-OH is 2. The third-order valence-corrected chi connectivity index (χ3v) is 8.89. The van der Waals surface area contributed by atoms with Crippen LogP contribution in [-0.4, -0.2) is 82.5 Å². The SMILES string of the molecule is CN(C)c1cc2nc(/C=C/c3ccccc3F)oc2c2c1C[C@H]1C[C@H]3[C@H](N(C)C)C(=O)C(C(N)=O)=C(O)[C@@]3(O)C(=O)C1=C2O. The predicted molar refractivity (Wildman–Crippen MR) is 160 cm³/mol. The average Bonchev–Trinajstić information content (AvgIpc) is 3.36. The number of rotatable bonds is 5. The normalized spacial score (nSPS) is 25.1. The molecule has 0 radical (unpaired) electrons. The largest absolute Gasteiger partial charge is 0.508 e. The van der Waals surface area contributed by atoms with E-state index in [1.165, 1.54) is 23.1 Å². The van der Waals surface area contributed by atoms with Crippen LogP contribution in [0.4, 0.5) is 10.1 Å². The molecule has 3 aliphatic carbocycles. The number of amides is 1. The zero-order chi connectivity index (χ0) is 31.8. The van der Waals surface area contributed by atoms with Crippen molar-refractivity contribution in [1.82, 2.24) is 9.88 Å². The molecule has 0 saturated heterocycles. The van der Waals surface area contributed by atoms with Crippen molar-refractivity contribution in [3.8, 4) is 0 Å². The Balaban J connectivity index is 1.55. The number of likely N-dealkylation sites (N-methyl/N-ethyl adjacent to an activating group) is 1. The van der Waals surface area contributed by atoms with E-state index in [0.29, 0.717) is 22.3 Å². The number of carbonyl (C=O) groups excluding carboxylic acids is 3. The molecule has 0 aliphatic heterocycles. The molecule has 1 saturated carbocycles. The summed E-state index contributed by atoms with van der Waals surface area (Å²) < 4.78 is 20.2. The van der Waals surface area contributed by atoms with E-state index >= 15 is 0 Å². The Morgan fingerprint density at radius 1 is 1.16 bits per heavy atom. The van der Waals surface area contributed by atoms with Crippen LogP contribution in [-0.2, 0) is 20.8 Å². The van der Waals surface area contributed by atoms with E-state index in [1.54, 1.807) is 38.4 Å². The molecule has 1 heterocycles. The third-order valence-electron chi connectivity index (χ3n) is 8.89. The van der Waals surface area contributed by atoms with Gasteiger partial charge in [0.05, 0.1) is 11.6 Å². The number of nitrogens with zero attached hydrogens (tertiary/aromatic N) is 3. The van der Waals surface area contributed by atoms with Gasteiger partial charge in [0.25, 0.3) is 5.91 Å². The number of aliphatic hydroxyl groups is 3. The molecule has 0 bridgehead atoms. The molecular formula is C32H31FN4O7. The second-order valence-corrected chi connectivity index (χ2v) is 11.9. The number of fused-ring (bicyclic) bond motifs is 5. The second kappa shape index (κ2) is 10.1. The monoisotopic (exact) mass is 602 g/mol. The van der Waals surface area contributed by atoms with Crippen molar-refractivity contribution in [2.45, 2.75) is 24.5 Å². The number of primary amides is 1. The molecule has 5 N–H and O–H groups in total. The number of anilines is 1. The Morgan fingerprint density at radius 2 is 1.86 bits per heavy atom. The lowest BCUT2D eigenvalue weighted by atomic mass is 9.57. The first-order valence-electron chi connectivity index (χ1n) is 14.0. The zero-order valence-corrected chi connectivity index (χ0v) is 24.5. The van der Waals surface area contributed by atoms with Crippen molar-refractivity contribution in [2.75, 3.05) is 33.1 Å². The van der Waals surface area contributed by atoms with Crippen LogP contribution in [0, 0.1) is 17.7 Å². The van der Waals surface area contributed by atoms with Gasteiger partial charge in [-0.05, 0) is 56.6 Å². The number of ketones is 2. The Labute approximate surface area is 251 Å². The number of hydrogen-bond donors (Lipinski definition) is 4. The fraction of sp³-hybridized carbons (Fsp3) is 0.312. The maximum atomic E-state index is 14.2. The number of carbonyl (C=O) groups is 3. The van der Waals surface area contributed by atoms with Gasteiger partial charge in [0.15, 0.2) is 17.0 Å². The maximum absolute atomic E-state index is 14.2. The van der Waals surface area contributed by atoms with Crippen LogP contribution in [0.2, 0.25) is 0 Å². The van der Waals surface area contributed by atoms with Gasteiger partial charge in [0, 0.05) is 42.9 Å². The number of Topliss-reactive ketones (excluding diaryl/α,β-unsaturated/α-hetero) is 2. The molecule has 6 rings (SSSR count). The summed E-state index contributed by atoms with van der Waals surface area (Å²) in [6, 6.07) is 6.84. The molecule has 3 aromatic rings. The molecule has 3 aliphatic rings. The van der Waals surface area contributed by atoms with Gasteiger partial charge >= 0.3 is 0 Å². The standard InChI is InChI=1S/C32H31FN4O7/c1-36(2)20-13-19-28(44-21(35-19)10-9-14-7-5-6-8-18(14)33)23-16(20)11-15-12-17-25(37(3)4)27(39)24(31(34)42)30(41)32(17,43)29(40)22(15)26(23)38/h5-10,13,15,17,25,38,41,43H,11-12H2,1-4H3,(H2,34,42)/b10-9+/t15-,17-,25-,32-/m0/s1. The van der Waals surface area contributed by atoms with Crippen molar-refractivity contribution >= 4 is 52.2 Å². The van der Waals surface area contributed by atoms with Gasteiger partial charge in [-0.25, -0.2) is 9.37 Å². The molecule has 4 atom stereocenters. The van der Waals surface area contributed by atoms with Crippen molar-refractivity contribution < 1.29 is 38.5 Å². The third kappa shape index (κ3) is 4.09. The van der Waals surface area contributed by atoms with E-state index < -0.39 is 63.9 Å². The number of halogens is 1. The number of benzene rings is 2. The summed E-state index contributed by atoms with van der Waals surface area (Å²) in [6.45, 7) is 0. The lowest BCUT2D eigenvalue weighted by Gasteiger charge is -2.50. The summed E-state index contributed by atoms with van der Waals surface area (Å²) in [5.41, 5.74) is 4.14. The molecule has 0 spiro atoms. The highest BCUT2D eigenvalue weighted by Crippen LogP contribution is 2.53. The summed E-state index contributed by atoms with van der Waals surface area (Å²) in [7, 11) is 6.77. The van der Waals surface area contributed by atoms with Crippen molar-refractivity contribution in [1.29, 1.82) is 0 Å². The van der Waals surface area contributed by atoms with Gasteiger partial charge in [0.2, 0.25) is 11.7 Å². The van der Waals surface area contributed by atoms with Gasteiger partial charge < -0.3 is 30.4 Å². The van der Waals surface area contributed by atoms with Gasteiger partial charge in [-0.1, -0.05) is 18.2 Å². The lowest BCUT2D eigenvalue weighted by molar-refractivity contribution is -0.153. The molecule has 44 heavy (non-hydrogen) atoms. The minimum absolute atomic E-state index is 0.0314. The van der Waals surface area contributed by atoms with Crippen molar-refractivity contribution in [2.24, 2.45) is 17.6 Å². The Hall–Kier alpha value is -4.81. The van der Waals surface area contributed by atoms with E-state index in [4.69, 9.17) is 10.2 Å². The van der Waals surface area contributed by atoms with Crippen LogP contribution < -0.4 is 10.6 Å². The van der Waals surface area contributed by atoms with E-state index in [9.17, 15) is 34.1 Å². The maximum Gasteiger partial charge on any atom is 0.255 e. The van der Waals surface area contributed by atoms with Crippen LogP contribution >= 0.6 is 0 Å². The highest BCUT2D eigenvalue weighted by atomic mass is 19.1. The summed E-state index contributed by atoms with van der Waals surface area (Å²) in [5.74, 6) is -6.73. The summed E-state index contributed by atoms with van der Waals surface area (Å²) >= 11 is 0. The average molecular weight is 603 g/mol. The smallest absolute Gasteiger partial charge is 0.255 e. The molecule has 0 unspecified atom stereocenters. The van der Waals surface area contributed by atoms with Crippen LogP contribution in [0.1, 0.15) is 29.0 Å². The Morgan fingerprint density at radius 3 is 2.50 bits per heavy atom. The van der Waals surface area contributed by atoms with Crippen molar-refractivity contribution in [3.63, 3.8) is 0 Å². The minimum atomic E-state index is -2.68. The molecule has 2 aromatic carbocycles. The molecular weight excluding hydrogens is 571 g/mol. The number of hydrogen-bond acceptors (Lipinski definition) is 10. The summed E-state index contributed by atoms with van der Waals surface area (Å²) in [4.78, 5) is 47.5. The second-order valence-electron chi connectivity index (χ2n) is 11.9. The molecule has 1 amide bonds. The van der Waals surface area contributed by atoms with E-state index in [-0.39, 0.29) is 35.5 Å². The summed E-state index contributed by atoms with van der Waals surface area (Å²) in [6.07, 6.45) is 3.26. The Bertz CT molecular complexity index is 1870. The zero-order valence-electron chi connectivity index (χ0n) is 24.5. The first-order chi connectivity index (χ1) is 20.8. The highest BCUT2D eigenvalue weighted by Gasteiger charge is 2.64. The first kappa shape index (κ1) is 29.3. The van der Waals surface area contributed by atoms with Crippen LogP contribution in [0.3, 0.4) is 0 Å². The van der Waals surface area contributed by atoms with Crippen molar-refractivity contribution in [3.05, 3.63) is 75.6 Å². The highest BCUT2D eigenvalue weighted by molar-refractivity contribution is 6.24. The Kier molecular flexibility index (Phi) is 6.74. The fourth-order valence-electron chi connectivity index (χ4n) is 6.94. The van der Waals surface area contributed by atoms with Gasteiger partial charge in [-0.2, -0.15) is 0 Å². The minimum Gasteiger partial charge on any atom is -0.508 e. The van der Waals surface area contributed by atoms with Gasteiger partial charge in [-0.15, -0.1) is 0 Å². The number of nitrogens with two attached hydrogens (primary N) is 1. The lowest BCUT2D eigenvalue weighted by Crippen LogP contribution is -2.65. The number of aromatic nitrogens is 1. The quantitative estimate of drug-likeness (QED) is 0.319. The molecule has 1 aromatic heterocycles. The van der Waals surface area contributed by atoms with E-state index in [0.717, 1.165) is 0 Å². The van der Waals surface area contributed by atoms with Gasteiger partial charge in [-0.3, -0.25) is 19.3 Å². The van der Waals surface area contributed by atoms with Gasteiger partial charge in [0.1, 0.15) is 28.4 Å². The van der Waals surface area contributed by atoms with Crippen LogP contribution in [0.25, 0.3) is 29.0 Å². The summed E-state index contributed by atoms with van der Waals surface area (Å²) in [5, 5.41) is 34.7. The molecule has 1 fully saturated rings. The first-order valence-corrected chi connectivity index (χ1v) is 14.0. The fourth-order valence-corrected chi connectivity index (χ4v) is 6.94. The number of oxazole rings is 1. The molecule has 12 heteroatoms. The van der Waals surface area contributed by atoms with Crippen LogP contribution in [0.5, 0.6) is 0 Å². The topological polar surface area (TPSA) is 170 Å². The van der Waals surface area contributed by atoms with E-state index in [2.05, 4.69) is 4.98 Å². The van der Waals surface area contributed by atoms with E-state index in [1.807, 2.05) is 19.0 Å². The predicted octanol–water partition coefficient (Wildman–Crippen LogP) is 2.78. The molecule has 228 valence electrons.